The number of hydrogen-bond acceptors (Lipinski definition) is 2. The van der Waals surface area contributed by atoms with Crippen molar-refractivity contribution < 1.29 is 13.6 Å². The summed E-state index contributed by atoms with van der Waals surface area (Å²) in [5.41, 5.74) is 0.620. The van der Waals surface area contributed by atoms with Gasteiger partial charge in [-0.25, -0.2) is 13.6 Å². The molecule has 4 nitrogen and oxygen atoms in total. The monoisotopic (exact) mass is 295 g/mol. The third kappa shape index (κ3) is 3.00. The molecule has 0 atom stereocenters. The zero-order valence-corrected chi connectivity index (χ0v) is 11.8. The van der Waals surface area contributed by atoms with Crippen LogP contribution in [0.25, 0.3) is 0 Å². The number of piperidine rings is 1. The number of amides is 2. The Morgan fingerprint density at radius 2 is 1.90 bits per heavy atom. The van der Waals surface area contributed by atoms with Crippen molar-refractivity contribution in [2.24, 2.45) is 0 Å². The van der Waals surface area contributed by atoms with Crippen molar-refractivity contribution in [1.29, 1.82) is 0 Å². The summed E-state index contributed by atoms with van der Waals surface area (Å²) in [6.07, 6.45) is 1.95. The minimum Gasteiger partial charge on any atom is -0.320 e. The second kappa shape index (κ2) is 5.97. The van der Waals surface area contributed by atoms with Crippen LogP contribution >= 0.6 is 0 Å². The Balaban J connectivity index is 1.64. The molecule has 2 saturated heterocycles. The SMILES string of the molecule is O=C1N(Cc2ccc(F)c(F)c2)CCN1C1CCNCC1. The van der Waals surface area contributed by atoms with Gasteiger partial charge in [0.05, 0.1) is 0 Å². The van der Waals surface area contributed by atoms with Gasteiger partial charge in [0.1, 0.15) is 0 Å². The van der Waals surface area contributed by atoms with E-state index in [0.29, 0.717) is 31.2 Å². The smallest absolute Gasteiger partial charge is 0.320 e. The fraction of sp³-hybridized carbons (Fsp3) is 0.533. The van der Waals surface area contributed by atoms with Gasteiger partial charge in [-0.05, 0) is 43.6 Å². The summed E-state index contributed by atoms with van der Waals surface area (Å²) in [6.45, 7) is 3.57. The molecule has 2 heterocycles. The fourth-order valence-electron chi connectivity index (χ4n) is 3.06. The summed E-state index contributed by atoms with van der Waals surface area (Å²) in [5.74, 6) is -1.72. The van der Waals surface area contributed by atoms with Gasteiger partial charge in [0.15, 0.2) is 11.6 Å². The average molecular weight is 295 g/mol. The summed E-state index contributed by atoms with van der Waals surface area (Å²) >= 11 is 0. The van der Waals surface area contributed by atoms with Gasteiger partial charge in [0, 0.05) is 25.7 Å². The molecular weight excluding hydrogens is 276 g/mol. The molecule has 1 N–H and O–H groups in total. The maximum Gasteiger partial charge on any atom is 0.320 e. The predicted molar refractivity (Wildman–Crippen MR) is 74.8 cm³/mol. The Bertz CT molecular complexity index is 532. The Hall–Kier alpha value is -1.69. The molecule has 0 radical (unpaired) electrons. The van der Waals surface area contributed by atoms with E-state index in [2.05, 4.69) is 5.32 Å². The average Bonchev–Trinajstić information content (AvgIpc) is 2.85. The molecule has 0 bridgehead atoms. The molecular formula is C15H19F2N3O. The van der Waals surface area contributed by atoms with E-state index in [4.69, 9.17) is 0 Å². The van der Waals surface area contributed by atoms with E-state index in [1.54, 1.807) is 4.90 Å². The van der Waals surface area contributed by atoms with E-state index in [0.717, 1.165) is 38.1 Å². The molecule has 0 saturated carbocycles. The number of benzene rings is 1. The highest BCUT2D eigenvalue weighted by Gasteiger charge is 2.34. The molecule has 0 aromatic heterocycles. The molecule has 1 aromatic rings. The summed E-state index contributed by atoms with van der Waals surface area (Å²) in [4.78, 5) is 16.0. The van der Waals surface area contributed by atoms with Crippen LogP contribution in [-0.4, -0.2) is 48.1 Å². The minimum absolute atomic E-state index is 0.00614. The van der Waals surface area contributed by atoms with Crippen molar-refractivity contribution in [2.75, 3.05) is 26.2 Å². The van der Waals surface area contributed by atoms with Gasteiger partial charge in [0.2, 0.25) is 0 Å². The quantitative estimate of drug-likeness (QED) is 0.925. The highest BCUT2D eigenvalue weighted by molar-refractivity contribution is 5.77. The zero-order valence-electron chi connectivity index (χ0n) is 11.8. The number of rotatable bonds is 3. The first-order valence-electron chi connectivity index (χ1n) is 7.35. The molecule has 6 heteroatoms. The highest BCUT2D eigenvalue weighted by atomic mass is 19.2. The molecule has 2 fully saturated rings. The van der Waals surface area contributed by atoms with Crippen LogP contribution in [0.1, 0.15) is 18.4 Å². The number of carbonyl (C=O) groups excluding carboxylic acids is 1. The van der Waals surface area contributed by atoms with Crippen LogP contribution in [0.15, 0.2) is 18.2 Å². The number of hydrogen-bond donors (Lipinski definition) is 1. The van der Waals surface area contributed by atoms with Gasteiger partial charge in [-0.15, -0.1) is 0 Å². The molecule has 114 valence electrons. The van der Waals surface area contributed by atoms with Crippen LogP contribution in [0.4, 0.5) is 13.6 Å². The van der Waals surface area contributed by atoms with Gasteiger partial charge in [0.25, 0.3) is 0 Å². The maximum absolute atomic E-state index is 13.2. The number of urea groups is 1. The van der Waals surface area contributed by atoms with Gasteiger partial charge >= 0.3 is 6.03 Å². The Kier molecular flexibility index (Phi) is 4.05. The van der Waals surface area contributed by atoms with Gasteiger partial charge < -0.3 is 15.1 Å². The molecule has 1 aromatic carbocycles. The fourth-order valence-corrected chi connectivity index (χ4v) is 3.06. The maximum atomic E-state index is 13.2. The van der Waals surface area contributed by atoms with E-state index in [9.17, 15) is 13.6 Å². The first-order valence-corrected chi connectivity index (χ1v) is 7.35. The lowest BCUT2D eigenvalue weighted by Crippen LogP contribution is -2.45. The third-order valence-corrected chi connectivity index (χ3v) is 4.23. The molecule has 3 rings (SSSR count). The van der Waals surface area contributed by atoms with Gasteiger partial charge in [-0.2, -0.15) is 0 Å². The molecule has 0 aliphatic carbocycles. The normalized spacial score (nSPS) is 20.4. The van der Waals surface area contributed by atoms with E-state index in [1.165, 1.54) is 6.07 Å². The number of nitrogens with one attached hydrogen (secondary N) is 1. The molecule has 0 spiro atoms. The number of nitrogens with zero attached hydrogens (tertiary/aromatic N) is 2. The minimum atomic E-state index is -0.866. The topological polar surface area (TPSA) is 35.6 Å². The van der Waals surface area contributed by atoms with Crippen molar-refractivity contribution in [3.8, 4) is 0 Å². The lowest BCUT2D eigenvalue weighted by atomic mass is 10.1. The van der Waals surface area contributed by atoms with Crippen LogP contribution < -0.4 is 5.32 Å². The van der Waals surface area contributed by atoms with E-state index in [1.807, 2.05) is 4.90 Å². The molecule has 0 unspecified atom stereocenters. The second-order valence-corrected chi connectivity index (χ2v) is 5.63. The standard InChI is InChI=1S/C15H19F2N3O/c16-13-2-1-11(9-14(13)17)10-19-7-8-20(15(19)21)12-3-5-18-6-4-12/h1-2,9,12,18H,3-8,10H2. The van der Waals surface area contributed by atoms with Crippen molar-refractivity contribution in [3.05, 3.63) is 35.4 Å². The second-order valence-electron chi connectivity index (χ2n) is 5.63. The predicted octanol–water partition coefficient (Wildman–Crippen LogP) is 1.95. The van der Waals surface area contributed by atoms with Gasteiger partial charge in [-0.3, -0.25) is 0 Å². The van der Waals surface area contributed by atoms with Crippen LogP contribution in [0.5, 0.6) is 0 Å². The number of halogens is 2. The highest BCUT2D eigenvalue weighted by Crippen LogP contribution is 2.21. The lowest BCUT2D eigenvalue weighted by molar-refractivity contribution is 0.164. The lowest BCUT2D eigenvalue weighted by Gasteiger charge is -2.31. The Morgan fingerprint density at radius 3 is 2.62 bits per heavy atom. The molecule has 21 heavy (non-hydrogen) atoms. The Morgan fingerprint density at radius 1 is 1.14 bits per heavy atom. The van der Waals surface area contributed by atoms with Crippen LogP contribution in [0.3, 0.4) is 0 Å². The number of carbonyl (C=O) groups is 1. The summed E-state index contributed by atoms with van der Waals surface area (Å²) in [7, 11) is 0. The summed E-state index contributed by atoms with van der Waals surface area (Å²) in [6, 6.07) is 4.10. The summed E-state index contributed by atoms with van der Waals surface area (Å²) < 4.78 is 26.1. The molecule has 2 aliphatic heterocycles. The molecule has 2 aliphatic rings. The Labute approximate surface area is 122 Å². The van der Waals surface area contributed by atoms with Crippen LogP contribution in [-0.2, 0) is 6.54 Å². The first kappa shape index (κ1) is 14.3. The van der Waals surface area contributed by atoms with Gasteiger partial charge in [-0.1, -0.05) is 6.07 Å². The van der Waals surface area contributed by atoms with Crippen molar-refractivity contribution >= 4 is 6.03 Å². The third-order valence-electron chi connectivity index (χ3n) is 4.23. The van der Waals surface area contributed by atoms with E-state index < -0.39 is 11.6 Å². The van der Waals surface area contributed by atoms with Crippen molar-refractivity contribution in [3.63, 3.8) is 0 Å². The van der Waals surface area contributed by atoms with Crippen LogP contribution in [0, 0.1) is 11.6 Å². The van der Waals surface area contributed by atoms with E-state index >= 15 is 0 Å². The summed E-state index contributed by atoms with van der Waals surface area (Å²) in [5, 5.41) is 3.29. The van der Waals surface area contributed by atoms with Crippen molar-refractivity contribution in [2.45, 2.75) is 25.4 Å². The first-order chi connectivity index (χ1) is 10.1. The van der Waals surface area contributed by atoms with Crippen LogP contribution in [0.2, 0.25) is 0 Å². The van der Waals surface area contributed by atoms with E-state index in [-0.39, 0.29) is 6.03 Å². The molecule has 2 amide bonds. The zero-order chi connectivity index (χ0) is 14.8. The van der Waals surface area contributed by atoms with Crippen molar-refractivity contribution in [1.82, 2.24) is 15.1 Å². The largest absolute Gasteiger partial charge is 0.320 e.